The van der Waals surface area contributed by atoms with Gasteiger partial charge < -0.3 is 0 Å². The van der Waals surface area contributed by atoms with E-state index in [1.165, 1.54) is 9.90 Å². The van der Waals surface area contributed by atoms with Crippen molar-refractivity contribution in [2.45, 2.75) is 0 Å². The molecule has 2 aromatic rings. The Morgan fingerprint density at radius 1 is 1.17 bits per heavy atom. The average Bonchev–Trinajstić information content (AvgIpc) is 2.58. The summed E-state index contributed by atoms with van der Waals surface area (Å²) >= 11 is 2.27. The summed E-state index contributed by atoms with van der Waals surface area (Å²) in [6.45, 7) is 0. The molecule has 4 heteroatoms. The van der Waals surface area contributed by atoms with E-state index in [9.17, 15) is 0 Å². The maximum atomic E-state index is 4.02. The molecule has 0 aliphatic carbocycles. The van der Waals surface area contributed by atoms with Crippen molar-refractivity contribution in [3.05, 3.63) is 40.5 Å². The third kappa shape index (κ3) is 1.47. The Morgan fingerprint density at radius 2 is 1.92 bits per heavy atom. The molecule has 0 amide bonds. The lowest BCUT2D eigenvalue weighted by molar-refractivity contribution is 0.878. The first-order chi connectivity index (χ1) is 5.86. The number of hydrogen-bond donors (Lipinski definition) is 0. The van der Waals surface area contributed by atoms with Crippen LogP contribution in [0.3, 0.4) is 0 Å². The highest BCUT2D eigenvalue weighted by molar-refractivity contribution is 14.1. The average molecular weight is 271 g/mol. The number of halogens is 1. The smallest absolute Gasteiger partial charge is 0.138 e. The Bertz CT molecular complexity index is 352. The fourth-order valence-corrected chi connectivity index (χ4v) is 1.29. The molecule has 0 unspecified atom stereocenters. The largest absolute Gasteiger partial charge is 0.223 e. The molecule has 0 fully saturated rings. The lowest BCUT2D eigenvalue weighted by Crippen LogP contribution is -1.93. The SMILES string of the molecule is Ic1ccc(-n2cncn2)cc1. The summed E-state index contributed by atoms with van der Waals surface area (Å²) in [4.78, 5) is 3.87. The van der Waals surface area contributed by atoms with Crippen molar-refractivity contribution in [1.29, 1.82) is 0 Å². The van der Waals surface area contributed by atoms with Gasteiger partial charge in [0.05, 0.1) is 5.69 Å². The van der Waals surface area contributed by atoms with E-state index in [0.29, 0.717) is 0 Å². The first kappa shape index (κ1) is 7.72. The number of nitrogens with zero attached hydrogens (tertiary/aromatic N) is 3. The third-order valence-electron chi connectivity index (χ3n) is 1.51. The van der Waals surface area contributed by atoms with Crippen molar-refractivity contribution in [2.75, 3.05) is 0 Å². The highest BCUT2D eigenvalue weighted by Gasteiger charge is 1.94. The van der Waals surface area contributed by atoms with E-state index >= 15 is 0 Å². The van der Waals surface area contributed by atoms with Crippen LogP contribution in [0.4, 0.5) is 0 Å². The second kappa shape index (κ2) is 3.22. The predicted molar refractivity (Wildman–Crippen MR) is 54.1 cm³/mol. The molecule has 0 aliphatic rings. The van der Waals surface area contributed by atoms with E-state index in [1.807, 2.05) is 24.3 Å². The van der Waals surface area contributed by atoms with E-state index in [2.05, 4.69) is 32.7 Å². The van der Waals surface area contributed by atoms with Gasteiger partial charge in [-0.1, -0.05) is 0 Å². The van der Waals surface area contributed by atoms with Crippen molar-refractivity contribution < 1.29 is 0 Å². The van der Waals surface area contributed by atoms with Gasteiger partial charge in [-0.25, -0.2) is 9.67 Å². The van der Waals surface area contributed by atoms with E-state index in [1.54, 1.807) is 11.0 Å². The number of rotatable bonds is 1. The van der Waals surface area contributed by atoms with Crippen molar-refractivity contribution >= 4 is 22.6 Å². The summed E-state index contributed by atoms with van der Waals surface area (Å²) in [7, 11) is 0. The molecule has 2 rings (SSSR count). The first-order valence-corrected chi connectivity index (χ1v) is 4.55. The first-order valence-electron chi connectivity index (χ1n) is 3.47. The minimum Gasteiger partial charge on any atom is -0.223 e. The summed E-state index contributed by atoms with van der Waals surface area (Å²) in [6, 6.07) is 8.10. The summed E-state index contributed by atoms with van der Waals surface area (Å²) < 4.78 is 2.95. The molecule has 12 heavy (non-hydrogen) atoms. The van der Waals surface area contributed by atoms with Crippen LogP contribution < -0.4 is 0 Å². The third-order valence-corrected chi connectivity index (χ3v) is 2.23. The Morgan fingerprint density at radius 3 is 2.50 bits per heavy atom. The van der Waals surface area contributed by atoms with Crippen molar-refractivity contribution in [3.63, 3.8) is 0 Å². The summed E-state index contributed by atoms with van der Waals surface area (Å²) in [5.41, 5.74) is 1.04. The van der Waals surface area contributed by atoms with Gasteiger partial charge in [0, 0.05) is 3.57 Å². The lowest BCUT2D eigenvalue weighted by Gasteiger charge is -1.98. The Hall–Kier alpha value is -0.910. The molecule has 0 aliphatic heterocycles. The van der Waals surface area contributed by atoms with E-state index in [0.717, 1.165) is 5.69 Å². The summed E-state index contributed by atoms with van der Waals surface area (Å²) in [5.74, 6) is 0. The van der Waals surface area contributed by atoms with Gasteiger partial charge in [0.25, 0.3) is 0 Å². The van der Waals surface area contributed by atoms with Crippen LogP contribution in [0.1, 0.15) is 0 Å². The van der Waals surface area contributed by atoms with Crippen LogP contribution in [0.15, 0.2) is 36.9 Å². The molecule has 0 saturated carbocycles. The molecule has 0 radical (unpaired) electrons. The topological polar surface area (TPSA) is 30.7 Å². The zero-order chi connectivity index (χ0) is 8.39. The van der Waals surface area contributed by atoms with Crippen LogP contribution in [0.2, 0.25) is 0 Å². The molecule has 0 saturated heterocycles. The zero-order valence-electron chi connectivity index (χ0n) is 6.18. The van der Waals surface area contributed by atoms with Crippen LogP contribution in [0.25, 0.3) is 5.69 Å². The van der Waals surface area contributed by atoms with Gasteiger partial charge in [0.2, 0.25) is 0 Å². The van der Waals surface area contributed by atoms with Crippen molar-refractivity contribution in [1.82, 2.24) is 14.8 Å². The maximum absolute atomic E-state index is 4.02. The summed E-state index contributed by atoms with van der Waals surface area (Å²) in [6.07, 6.45) is 3.21. The highest BCUT2D eigenvalue weighted by Crippen LogP contribution is 2.09. The van der Waals surface area contributed by atoms with Crippen LogP contribution in [-0.2, 0) is 0 Å². The molecule has 1 aromatic carbocycles. The molecule has 0 bridgehead atoms. The molecule has 0 atom stereocenters. The fraction of sp³-hybridized carbons (Fsp3) is 0. The summed E-state index contributed by atoms with van der Waals surface area (Å²) in [5, 5.41) is 4.02. The number of aromatic nitrogens is 3. The van der Waals surface area contributed by atoms with Crippen LogP contribution >= 0.6 is 22.6 Å². The Labute approximate surface area is 83.6 Å². The second-order valence-corrected chi connectivity index (χ2v) is 3.56. The molecule has 1 heterocycles. The number of benzene rings is 1. The predicted octanol–water partition coefficient (Wildman–Crippen LogP) is 1.87. The Kier molecular flexibility index (Phi) is 2.07. The standard InChI is InChI=1S/C8H6IN3/c9-7-1-3-8(4-2-7)12-6-10-5-11-12/h1-6H. The van der Waals surface area contributed by atoms with Gasteiger partial charge in [0.15, 0.2) is 0 Å². The molecule has 0 spiro atoms. The minimum atomic E-state index is 1.04. The molecular weight excluding hydrogens is 265 g/mol. The van der Waals surface area contributed by atoms with Gasteiger partial charge in [-0.15, -0.1) is 0 Å². The highest BCUT2D eigenvalue weighted by atomic mass is 127. The van der Waals surface area contributed by atoms with E-state index in [-0.39, 0.29) is 0 Å². The zero-order valence-corrected chi connectivity index (χ0v) is 8.34. The second-order valence-electron chi connectivity index (χ2n) is 2.32. The molecule has 3 nitrogen and oxygen atoms in total. The van der Waals surface area contributed by atoms with Gasteiger partial charge in [-0.3, -0.25) is 0 Å². The van der Waals surface area contributed by atoms with E-state index < -0.39 is 0 Å². The molecule has 60 valence electrons. The maximum Gasteiger partial charge on any atom is 0.138 e. The van der Waals surface area contributed by atoms with Gasteiger partial charge >= 0.3 is 0 Å². The van der Waals surface area contributed by atoms with Gasteiger partial charge in [-0.05, 0) is 46.9 Å². The molecule has 1 aromatic heterocycles. The molecule has 0 N–H and O–H groups in total. The normalized spacial score (nSPS) is 10.1. The monoisotopic (exact) mass is 271 g/mol. The minimum absolute atomic E-state index is 1.04. The van der Waals surface area contributed by atoms with E-state index in [4.69, 9.17) is 0 Å². The number of hydrogen-bond acceptors (Lipinski definition) is 2. The quantitative estimate of drug-likeness (QED) is 0.741. The van der Waals surface area contributed by atoms with Crippen molar-refractivity contribution in [3.8, 4) is 5.69 Å². The molecular formula is C8H6IN3. The van der Waals surface area contributed by atoms with Crippen LogP contribution in [0.5, 0.6) is 0 Å². The van der Waals surface area contributed by atoms with Crippen LogP contribution in [0, 0.1) is 3.57 Å². The van der Waals surface area contributed by atoms with Crippen LogP contribution in [-0.4, -0.2) is 14.8 Å². The van der Waals surface area contributed by atoms with Crippen molar-refractivity contribution in [2.24, 2.45) is 0 Å². The fourth-order valence-electron chi connectivity index (χ4n) is 0.935. The Balaban J connectivity index is 2.43. The lowest BCUT2D eigenvalue weighted by atomic mass is 10.3. The van der Waals surface area contributed by atoms with Gasteiger partial charge in [-0.2, -0.15) is 5.10 Å². The van der Waals surface area contributed by atoms with Gasteiger partial charge in [0.1, 0.15) is 12.7 Å².